The minimum absolute atomic E-state index is 0.102. The Morgan fingerprint density at radius 2 is 1.96 bits per heavy atom. The number of likely N-dealkylation sites (N-methyl/N-ethyl adjacent to an activating group) is 1. The molecule has 2 aromatic rings. The van der Waals surface area contributed by atoms with Crippen LogP contribution in [0.5, 0.6) is 5.75 Å². The van der Waals surface area contributed by atoms with E-state index >= 15 is 0 Å². The molecule has 0 aromatic heterocycles. The zero-order valence-corrected chi connectivity index (χ0v) is 17.3. The second kappa shape index (κ2) is 8.84. The van der Waals surface area contributed by atoms with Gasteiger partial charge in [-0.2, -0.15) is 0 Å². The quantitative estimate of drug-likeness (QED) is 0.725. The lowest BCUT2D eigenvalue weighted by atomic mass is 10.1. The van der Waals surface area contributed by atoms with Gasteiger partial charge >= 0.3 is 0 Å². The molecule has 28 heavy (non-hydrogen) atoms. The largest absolute Gasteiger partial charge is 0.496 e. The van der Waals surface area contributed by atoms with Crippen molar-refractivity contribution in [1.29, 1.82) is 0 Å². The number of hydrogen-bond acceptors (Lipinski definition) is 3. The van der Waals surface area contributed by atoms with Crippen LogP contribution in [0.25, 0.3) is 0 Å². The summed E-state index contributed by atoms with van der Waals surface area (Å²) in [6, 6.07) is 11.8. The van der Waals surface area contributed by atoms with E-state index in [1.807, 2.05) is 24.3 Å². The highest BCUT2D eigenvalue weighted by Gasteiger charge is 2.36. The molecule has 7 heteroatoms. The highest BCUT2D eigenvalue weighted by molar-refractivity contribution is 6.35. The Bertz CT molecular complexity index is 888. The molecule has 1 saturated heterocycles. The normalized spacial score (nSPS) is 16.1. The molecule has 0 spiro atoms. The lowest BCUT2D eigenvalue weighted by Crippen LogP contribution is -2.46. The molecule has 0 N–H and O–H groups in total. The van der Waals surface area contributed by atoms with Gasteiger partial charge in [-0.3, -0.25) is 9.59 Å². The molecule has 5 nitrogen and oxygen atoms in total. The first kappa shape index (κ1) is 20.5. The van der Waals surface area contributed by atoms with Crippen molar-refractivity contribution >= 4 is 35.0 Å². The molecule has 148 valence electrons. The van der Waals surface area contributed by atoms with Gasteiger partial charge in [-0.1, -0.05) is 41.4 Å². The molecule has 0 radical (unpaired) electrons. The van der Waals surface area contributed by atoms with Gasteiger partial charge in [-0.05, 0) is 37.1 Å². The molecule has 1 heterocycles. The Hall–Kier alpha value is -2.24. The standard InChI is InChI=1S/C21H22Cl2N2O3/c1-24(13-14-6-3-4-8-19(14)28-2)21(27)18-7-5-11-25(18)20(26)16-12-15(22)9-10-17(16)23/h3-4,6,8-10,12,18H,5,7,11,13H2,1-2H3. The van der Waals surface area contributed by atoms with Crippen LogP contribution in [-0.4, -0.2) is 48.4 Å². The molecule has 1 fully saturated rings. The number of carbonyl (C=O) groups is 2. The van der Waals surface area contributed by atoms with Crippen LogP contribution in [0.1, 0.15) is 28.8 Å². The molecule has 1 atom stereocenters. The molecule has 0 bridgehead atoms. The predicted molar refractivity (Wildman–Crippen MR) is 110 cm³/mol. The Morgan fingerprint density at radius 3 is 2.71 bits per heavy atom. The predicted octanol–water partition coefficient (Wildman–Crippen LogP) is 4.27. The fourth-order valence-corrected chi connectivity index (χ4v) is 3.87. The number of amides is 2. The maximum absolute atomic E-state index is 13.1. The summed E-state index contributed by atoms with van der Waals surface area (Å²) in [6.45, 7) is 0.917. The van der Waals surface area contributed by atoms with Gasteiger partial charge in [-0.15, -0.1) is 0 Å². The van der Waals surface area contributed by atoms with Crippen LogP contribution in [-0.2, 0) is 11.3 Å². The minimum Gasteiger partial charge on any atom is -0.496 e. The highest BCUT2D eigenvalue weighted by Crippen LogP contribution is 2.27. The third-order valence-electron chi connectivity index (χ3n) is 4.93. The minimum atomic E-state index is -0.512. The van der Waals surface area contributed by atoms with E-state index in [9.17, 15) is 9.59 Å². The maximum atomic E-state index is 13.1. The molecular weight excluding hydrogens is 399 g/mol. The molecule has 1 unspecified atom stereocenters. The number of ether oxygens (including phenoxy) is 1. The zero-order chi connectivity index (χ0) is 20.3. The third-order valence-corrected chi connectivity index (χ3v) is 5.50. The number of carbonyl (C=O) groups excluding carboxylic acids is 2. The van der Waals surface area contributed by atoms with Gasteiger partial charge in [0.15, 0.2) is 0 Å². The summed E-state index contributed by atoms with van der Waals surface area (Å²) < 4.78 is 5.36. The summed E-state index contributed by atoms with van der Waals surface area (Å²) in [6.07, 6.45) is 1.39. The van der Waals surface area contributed by atoms with Crippen LogP contribution in [0.4, 0.5) is 0 Å². The fourth-order valence-electron chi connectivity index (χ4n) is 3.50. The summed E-state index contributed by atoms with van der Waals surface area (Å²) in [5.41, 5.74) is 1.23. The Kier molecular flexibility index (Phi) is 6.47. The molecule has 2 amide bonds. The van der Waals surface area contributed by atoms with Crippen LogP contribution in [0.2, 0.25) is 10.0 Å². The third kappa shape index (κ3) is 4.26. The first-order valence-electron chi connectivity index (χ1n) is 9.05. The molecule has 0 saturated carbocycles. The number of methoxy groups -OCH3 is 1. The van der Waals surface area contributed by atoms with E-state index in [0.717, 1.165) is 17.7 Å². The monoisotopic (exact) mass is 420 g/mol. The van der Waals surface area contributed by atoms with Crippen LogP contribution in [0.3, 0.4) is 0 Å². The topological polar surface area (TPSA) is 49.9 Å². The van der Waals surface area contributed by atoms with E-state index in [-0.39, 0.29) is 11.8 Å². The van der Waals surface area contributed by atoms with E-state index in [1.54, 1.807) is 42.2 Å². The van der Waals surface area contributed by atoms with Crippen molar-refractivity contribution in [2.24, 2.45) is 0 Å². The summed E-state index contributed by atoms with van der Waals surface area (Å²) in [5, 5.41) is 0.762. The second-order valence-corrected chi connectivity index (χ2v) is 7.63. The SMILES string of the molecule is COc1ccccc1CN(C)C(=O)C1CCCN1C(=O)c1cc(Cl)ccc1Cl. The number of likely N-dealkylation sites (tertiary alicyclic amines) is 1. The smallest absolute Gasteiger partial charge is 0.256 e. The number of hydrogen-bond donors (Lipinski definition) is 0. The van der Waals surface area contributed by atoms with E-state index < -0.39 is 6.04 Å². The van der Waals surface area contributed by atoms with Gasteiger partial charge in [0.2, 0.25) is 5.91 Å². The van der Waals surface area contributed by atoms with E-state index in [4.69, 9.17) is 27.9 Å². The molecular formula is C21H22Cl2N2O3. The van der Waals surface area contributed by atoms with Gasteiger partial charge < -0.3 is 14.5 Å². The first-order valence-corrected chi connectivity index (χ1v) is 9.81. The van der Waals surface area contributed by atoms with Crippen LogP contribution in [0.15, 0.2) is 42.5 Å². The number of rotatable bonds is 5. The average molecular weight is 421 g/mol. The summed E-state index contributed by atoms with van der Waals surface area (Å²) in [4.78, 5) is 29.3. The van der Waals surface area contributed by atoms with Crippen molar-refractivity contribution in [1.82, 2.24) is 9.80 Å². The Balaban J connectivity index is 1.77. The molecule has 1 aliphatic rings. The highest BCUT2D eigenvalue weighted by atomic mass is 35.5. The maximum Gasteiger partial charge on any atom is 0.256 e. The Morgan fingerprint density at radius 1 is 1.21 bits per heavy atom. The second-order valence-electron chi connectivity index (χ2n) is 6.79. The molecule has 3 rings (SSSR count). The van der Waals surface area contributed by atoms with Crippen molar-refractivity contribution in [3.05, 3.63) is 63.6 Å². The van der Waals surface area contributed by atoms with Crippen LogP contribution >= 0.6 is 23.2 Å². The number of benzene rings is 2. The molecule has 1 aliphatic heterocycles. The lowest BCUT2D eigenvalue weighted by Gasteiger charge is -2.28. The van der Waals surface area contributed by atoms with Crippen molar-refractivity contribution in [2.75, 3.05) is 20.7 Å². The summed E-state index contributed by atoms with van der Waals surface area (Å²) in [7, 11) is 3.34. The van der Waals surface area contributed by atoms with Crippen LogP contribution in [0, 0.1) is 0 Å². The van der Waals surface area contributed by atoms with Crippen molar-refractivity contribution < 1.29 is 14.3 Å². The number of para-hydroxylation sites is 1. The van der Waals surface area contributed by atoms with Gasteiger partial charge in [0.1, 0.15) is 11.8 Å². The van der Waals surface area contributed by atoms with Gasteiger partial charge in [-0.25, -0.2) is 0 Å². The molecule has 2 aromatic carbocycles. The Labute approximate surface area is 174 Å². The van der Waals surface area contributed by atoms with E-state index in [0.29, 0.717) is 35.1 Å². The summed E-state index contributed by atoms with van der Waals surface area (Å²) in [5.74, 6) is 0.358. The van der Waals surface area contributed by atoms with Crippen molar-refractivity contribution in [2.45, 2.75) is 25.4 Å². The first-order chi connectivity index (χ1) is 13.4. The van der Waals surface area contributed by atoms with Gasteiger partial charge in [0.05, 0.1) is 17.7 Å². The van der Waals surface area contributed by atoms with E-state index in [1.165, 1.54) is 0 Å². The number of nitrogens with zero attached hydrogens (tertiary/aromatic N) is 2. The van der Waals surface area contributed by atoms with Gasteiger partial charge in [0, 0.05) is 30.7 Å². The van der Waals surface area contributed by atoms with E-state index in [2.05, 4.69) is 0 Å². The zero-order valence-electron chi connectivity index (χ0n) is 15.8. The van der Waals surface area contributed by atoms with Crippen molar-refractivity contribution in [3.8, 4) is 5.75 Å². The summed E-state index contributed by atoms with van der Waals surface area (Å²) >= 11 is 12.2. The van der Waals surface area contributed by atoms with Gasteiger partial charge in [0.25, 0.3) is 5.91 Å². The van der Waals surface area contributed by atoms with Crippen molar-refractivity contribution in [3.63, 3.8) is 0 Å². The number of halogens is 2. The van der Waals surface area contributed by atoms with Crippen LogP contribution < -0.4 is 4.74 Å². The molecule has 0 aliphatic carbocycles. The average Bonchev–Trinajstić information content (AvgIpc) is 3.18. The lowest BCUT2D eigenvalue weighted by molar-refractivity contribution is -0.134. The fraction of sp³-hybridized carbons (Fsp3) is 0.333.